The SMILES string of the molecule is C=C1C=CC(=O)C(c2ccc(CCC(=O)NCc3ccc(C)cc3)cc2)=C1. The van der Waals surface area contributed by atoms with E-state index in [0.29, 0.717) is 25.0 Å². The molecule has 27 heavy (non-hydrogen) atoms. The summed E-state index contributed by atoms with van der Waals surface area (Å²) in [6.45, 7) is 6.46. The summed E-state index contributed by atoms with van der Waals surface area (Å²) < 4.78 is 0. The van der Waals surface area contributed by atoms with Crippen LogP contribution in [-0.4, -0.2) is 11.7 Å². The molecular formula is C24H23NO2. The molecule has 0 heterocycles. The molecule has 0 spiro atoms. The maximum absolute atomic E-state index is 12.1. The fourth-order valence-electron chi connectivity index (χ4n) is 2.91. The maximum Gasteiger partial charge on any atom is 0.220 e. The molecule has 1 aliphatic rings. The van der Waals surface area contributed by atoms with E-state index in [1.165, 1.54) is 5.56 Å². The minimum Gasteiger partial charge on any atom is -0.352 e. The summed E-state index contributed by atoms with van der Waals surface area (Å²) in [5.74, 6) is 0.0249. The molecule has 2 aromatic rings. The minimum absolute atomic E-state index is 0.00867. The van der Waals surface area contributed by atoms with E-state index in [-0.39, 0.29) is 11.7 Å². The Morgan fingerprint density at radius 1 is 0.963 bits per heavy atom. The van der Waals surface area contributed by atoms with Crippen LogP contribution < -0.4 is 5.32 Å². The summed E-state index contributed by atoms with van der Waals surface area (Å²) in [4.78, 5) is 24.1. The van der Waals surface area contributed by atoms with Crippen LogP contribution in [-0.2, 0) is 22.6 Å². The molecule has 1 aliphatic carbocycles. The number of benzene rings is 2. The van der Waals surface area contributed by atoms with Crippen LogP contribution in [0.3, 0.4) is 0 Å². The molecular weight excluding hydrogens is 334 g/mol. The number of carbonyl (C=O) groups excluding carboxylic acids is 2. The fraction of sp³-hybridized carbons (Fsp3) is 0.167. The van der Waals surface area contributed by atoms with E-state index in [1.807, 2.05) is 55.5 Å². The van der Waals surface area contributed by atoms with Gasteiger partial charge in [-0.1, -0.05) is 66.7 Å². The molecule has 3 rings (SSSR count). The number of amides is 1. The first-order chi connectivity index (χ1) is 13.0. The highest BCUT2D eigenvalue weighted by atomic mass is 16.1. The molecule has 0 fully saturated rings. The monoisotopic (exact) mass is 357 g/mol. The molecule has 1 amide bonds. The zero-order valence-electron chi connectivity index (χ0n) is 15.5. The largest absolute Gasteiger partial charge is 0.352 e. The zero-order valence-corrected chi connectivity index (χ0v) is 15.5. The number of ketones is 1. The Balaban J connectivity index is 1.51. The topological polar surface area (TPSA) is 46.2 Å². The summed E-state index contributed by atoms with van der Waals surface area (Å²) in [5.41, 5.74) is 5.73. The van der Waals surface area contributed by atoms with Gasteiger partial charge in [0.25, 0.3) is 0 Å². The van der Waals surface area contributed by atoms with Crippen molar-refractivity contribution in [3.05, 3.63) is 101 Å². The minimum atomic E-state index is -0.00867. The van der Waals surface area contributed by atoms with Gasteiger partial charge in [0, 0.05) is 18.5 Å². The van der Waals surface area contributed by atoms with Crippen LogP contribution in [0.5, 0.6) is 0 Å². The standard InChI is InChI=1S/C24H23NO2/c1-17-3-6-20(7-4-17)16-25-24(27)14-10-19-8-11-21(12-9-19)22-15-18(2)5-13-23(22)26/h3-9,11-13,15H,2,10,14,16H2,1H3,(H,25,27). The molecule has 0 unspecified atom stereocenters. The van der Waals surface area contributed by atoms with Crippen molar-refractivity contribution in [1.29, 1.82) is 0 Å². The van der Waals surface area contributed by atoms with Gasteiger partial charge in [0.05, 0.1) is 0 Å². The number of carbonyl (C=O) groups is 2. The molecule has 1 N–H and O–H groups in total. The number of aryl methyl sites for hydroxylation is 2. The van der Waals surface area contributed by atoms with Crippen LogP contribution in [0, 0.1) is 6.92 Å². The lowest BCUT2D eigenvalue weighted by molar-refractivity contribution is -0.121. The maximum atomic E-state index is 12.1. The van der Waals surface area contributed by atoms with Crippen molar-refractivity contribution in [3.8, 4) is 0 Å². The van der Waals surface area contributed by atoms with Gasteiger partial charge in [-0.25, -0.2) is 0 Å². The third kappa shape index (κ3) is 5.14. The van der Waals surface area contributed by atoms with E-state index in [2.05, 4.69) is 11.9 Å². The summed E-state index contributed by atoms with van der Waals surface area (Å²) in [5, 5.41) is 2.95. The molecule has 0 radical (unpaired) electrons. The van der Waals surface area contributed by atoms with Gasteiger partial charge in [0.2, 0.25) is 5.91 Å². The number of hydrogen-bond acceptors (Lipinski definition) is 2. The zero-order chi connectivity index (χ0) is 19.2. The number of rotatable bonds is 6. The molecule has 0 saturated heterocycles. The second-order valence-electron chi connectivity index (χ2n) is 6.79. The van der Waals surface area contributed by atoms with Crippen molar-refractivity contribution in [2.75, 3.05) is 0 Å². The van der Waals surface area contributed by atoms with Gasteiger partial charge in [-0.2, -0.15) is 0 Å². The summed E-state index contributed by atoms with van der Waals surface area (Å²) in [7, 11) is 0. The Kier molecular flexibility index (Phi) is 5.82. The first-order valence-electron chi connectivity index (χ1n) is 9.06. The summed E-state index contributed by atoms with van der Waals surface area (Å²) in [6, 6.07) is 15.9. The van der Waals surface area contributed by atoms with Crippen LogP contribution in [0.1, 0.15) is 28.7 Å². The van der Waals surface area contributed by atoms with Crippen molar-refractivity contribution >= 4 is 17.3 Å². The number of hydrogen-bond donors (Lipinski definition) is 1. The average Bonchev–Trinajstić information content (AvgIpc) is 2.68. The van der Waals surface area contributed by atoms with E-state index >= 15 is 0 Å². The van der Waals surface area contributed by atoms with Crippen LogP contribution in [0.15, 0.2) is 78.9 Å². The highest BCUT2D eigenvalue weighted by molar-refractivity contribution is 6.27. The molecule has 0 atom stereocenters. The van der Waals surface area contributed by atoms with Crippen LogP contribution >= 0.6 is 0 Å². The van der Waals surface area contributed by atoms with E-state index in [9.17, 15) is 9.59 Å². The van der Waals surface area contributed by atoms with Gasteiger partial charge < -0.3 is 5.32 Å². The lowest BCUT2D eigenvalue weighted by Gasteiger charge is -2.10. The van der Waals surface area contributed by atoms with Crippen LogP contribution in [0.2, 0.25) is 0 Å². The predicted octanol–water partition coefficient (Wildman–Crippen LogP) is 4.32. The third-order valence-corrected chi connectivity index (χ3v) is 4.56. The Labute approximate surface area is 160 Å². The van der Waals surface area contributed by atoms with Crippen molar-refractivity contribution < 1.29 is 9.59 Å². The second kappa shape index (κ2) is 8.45. The quantitative estimate of drug-likeness (QED) is 0.837. The number of nitrogens with one attached hydrogen (secondary N) is 1. The van der Waals surface area contributed by atoms with Crippen LogP contribution in [0.25, 0.3) is 5.57 Å². The highest BCUT2D eigenvalue weighted by Crippen LogP contribution is 2.22. The van der Waals surface area contributed by atoms with Crippen molar-refractivity contribution in [2.45, 2.75) is 26.3 Å². The molecule has 0 aliphatic heterocycles. The van der Waals surface area contributed by atoms with Gasteiger partial charge in [0.1, 0.15) is 0 Å². The lowest BCUT2D eigenvalue weighted by atomic mass is 9.94. The number of allylic oxidation sites excluding steroid dienone is 5. The van der Waals surface area contributed by atoms with Gasteiger partial charge in [0.15, 0.2) is 5.78 Å². The first-order valence-corrected chi connectivity index (χ1v) is 9.06. The Morgan fingerprint density at radius 3 is 2.33 bits per heavy atom. The van der Waals surface area contributed by atoms with Gasteiger partial charge in [-0.15, -0.1) is 0 Å². The van der Waals surface area contributed by atoms with E-state index in [1.54, 1.807) is 18.2 Å². The van der Waals surface area contributed by atoms with Gasteiger partial charge in [-0.05, 0) is 47.8 Å². The molecule has 136 valence electrons. The Bertz CT molecular complexity index is 916. The van der Waals surface area contributed by atoms with Crippen molar-refractivity contribution in [3.63, 3.8) is 0 Å². The second-order valence-corrected chi connectivity index (χ2v) is 6.79. The molecule has 3 nitrogen and oxygen atoms in total. The predicted molar refractivity (Wildman–Crippen MR) is 109 cm³/mol. The molecule has 0 saturated carbocycles. The van der Waals surface area contributed by atoms with E-state index in [4.69, 9.17) is 0 Å². The molecule has 0 aromatic heterocycles. The van der Waals surface area contributed by atoms with Crippen molar-refractivity contribution in [2.24, 2.45) is 0 Å². The fourth-order valence-corrected chi connectivity index (χ4v) is 2.91. The normalized spacial score (nSPS) is 13.4. The first kappa shape index (κ1) is 18.6. The smallest absolute Gasteiger partial charge is 0.220 e. The van der Waals surface area contributed by atoms with Crippen LogP contribution in [0.4, 0.5) is 0 Å². The summed E-state index contributed by atoms with van der Waals surface area (Å²) >= 11 is 0. The summed E-state index contributed by atoms with van der Waals surface area (Å²) in [6.07, 6.45) is 6.17. The van der Waals surface area contributed by atoms with Crippen molar-refractivity contribution in [1.82, 2.24) is 5.32 Å². The third-order valence-electron chi connectivity index (χ3n) is 4.56. The van der Waals surface area contributed by atoms with Gasteiger partial charge >= 0.3 is 0 Å². The average molecular weight is 357 g/mol. The Morgan fingerprint density at radius 2 is 1.63 bits per heavy atom. The van der Waals surface area contributed by atoms with E-state index in [0.717, 1.165) is 22.3 Å². The lowest BCUT2D eigenvalue weighted by Crippen LogP contribution is -2.22. The molecule has 3 heteroatoms. The van der Waals surface area contributed by atoms with Gasteiger partial charge in [-0.3, -0.25) is 9.59 Å². The Hall–Kier alpha value is -3.20. The molecule has 2 aromatic carbocycles. The highest BCUT2D eigenvalue weighted by Gasteiger charge is 2.13. The van der Waals surface area contributed by atoms with E-state index < -0.39 is 0 Å². The molecule has 0 bridgehead atoms.